The third-order valence-electron chi connectivity index (χ3n) is 2.33. The summed E-state index contributed by atoms with van der Waals surface area (Å²) in [5.41, 5.74) is 8.38. The van der Waals surface area contributed by atoms with Gasteiger partial charge in [-0.25, -0.2) is 0 Å². The Labute approximate surface area is 79.7 Å². The van der Waals surface area contributed by atoms with Gasteiger partial charge in [0.05, 0.1) is 7.11 Å². The number of methoxy groups -OCH3 is 1. The average molecular weight is 179 g/mol. The van der Waals surface area contributed by atoms with Crippen molar-refractivity contribution in [3.05, 3.63) is 29.3 Å². The molecule has 13 heavy (non-hydrogen) atoms. The average Bonchev–Trinajstić information content (AvgIpc) is 2.17. The van der Waals surface area contributed by atoms with Crippen LogP contribution in [-0.4, -0.2) is 7.11 Å². The first-order chi connectivity index (χ1) is 6.19. The molecule has 0 aliphatic heterocycles. The predicted molar refractivity (Wildman–Crippen MR) is 55.0 cm³/mol. The van der Waals surface area contributed by atoms with Gasteiger partial charge in [0.15, 0.2) is 0 Å². The van der Waals surface area contributed by atoms with E-state index in [1.807, 2.05) is 18.2 Å². The fraction of sp³-hybridized carbons (Fsp3) is 0.455. The van der Waals surface area contributed by atoms with Crippen molar-refractivity contribution >= 4 is 0 Å². The van der Waals surface area contributed by atoms with E-state index in [4.69, 9.17) is 10.5 Å². The molecular formula is C11H17NO. The van der Waals surface area contributed by atoms with Gasteiger partial charge in [0.1, 0.15) is 5.75 Å². The highest BCUT2D eigenvalue weighted by atomic mass is 16.5. The predicted octanol–water partition coefficient (Wildman–Crippen LogP) is 2.41. The summed E-state index contributed by atoms with van der Waals surface area (Å²) in [6.45, 7) is 4.16. The van der Waals surface area contributed by atoms with Gasteiger partial charge in [-0.15, -0.1) is 0 Å². The zero-order valence-electron chi connectivity index (χ0n) is 8.50. The molecule has 0 fully saturated rings. The van der Waals surface area contributed by atoms with Crippen LogP contribution < -0.4 is 10.5 Å². The molecule has 0 amide bonds. The number of hydrogen-bond donors (Lipinski definition) is 1. The Balaban J connectivity index is 3.03. The normalized spacial score (nSPS) is 12.6. The monoisotopic (exact) mass is 179 g/mol. The van der Waals surface area contributed by atoms with Crippen molar-refractivity contribution in [3.8, 4) is 5.75 Å². The molecule has 1 rings (SSSR count). The second-order valence-electron chi connectivity index (χ2n) is 3.24. The molecule has 0 saturated carbocycles. The highest BCUT2D eigenvalue weighted by molar-refractivity contribution is 5.36. The van der Waals surface area contributed by atoms with Gasteiger partial charge in [-0.2, -0.15) is 0 Å². The van der Waals surface area contributed by atoms with E-state index in [0.717, 1.165) is 12.2 Å². The van der Waals surface area contributed by atoms with Crippen LogP contribution in [0.25, 0.3) is 0 Å². The fourth-order valence-electron chi connectivity index (χ4n) is 1.36. The maximum Gasteiger partial charge on any atom is 0.119 e. The zero-order valence-corrected chi connectivity index (χ0v) is 8.50. The van der Waals surface area contributed by atoms with Gasteiger partial charge >= 0.3 is 0 Å². The summed E-state index contributed by atoms with van der Waals surface area (Å²) in [5.74, 6) is 0.879. The minimum atomic E-state index is 0.120. The minimum absolute atomic E-state index is 0.120. The Morgan fingerprint density at radius 1 is 1.46 bits per heavy atom. The van der Waals surface area contributed by atoms with Crippen LogP contribution in [0.2, 0.25) is 0 Å². The van der Waals surface area contributed by atoms with E-state index in [-0.39, 0.29) is 6.04 Å². The highest BCUT2D eigenvalue weighted by Crippen LogP contribution is 2.23. The van der Waals surface area contributed by atoms with Crippen LogP contribution in [0, 0.1) is 6.92 Å². The second-order valence-corrected chi connectivity index (χ2v) is 3.24. The van der Waals surface area contributed by atoms with Gasteiger partial charge in [0.2, 0.25) is 0 Å². The molecule has 1 atom stereocenters. The first kappa shape index (κ1) is 10.1. The summed E-state index contributed by atoms with van der Waals surface area (Å²) in [5, 5.41) is 0. The van der Waals surface area contributed by atoms with Crippen molar-refractivity contribution in [3.63, 3.8) is 0 Å². The van der Waals surface area contributed by atoms with Crippen LogP contribution >= 0.6 is 0 Å². The van der Waals surface area contributed by atoms with Crippen LogP contribution in [-0.2, 0) is 0 Å². The van der Waals surface area contributed by atoms with Crippen molar-refractivity contribution < 1.29 is 4.74 Å². The number of aryl methyl sites for hydroxylation is 1. The molecular weight excluding hydrogens is 162 g/mol. The molecule has 1 aromatic rings. The van der Waals surface area contributed by atoms with Crippen LogP contribution in [0.15, 0.2) is 18.2 Å². The minimum Gasteiger partial charge on any atom is -0.497 e. The SMILES string of the molecule is CC[C@@H](N)c1cc(OC)ccc1C. The number of nitrogens with two attached hydrogens (primary N) is 1. The lowest BCUT2D eigenvalue weighted by Crippen LogP contribution is -2.10. The number of benzene rings is 1. The number of rotatable bonds is 3. The van der Waals surface area contributed by atoms with Gasteiger partial charge < -0.3 is 10.5 Å². The Morgan fingerprint density at radius 3 is 2.69 bits per heavy atom. The van der Waals surface area contributed by atoms with Gasteiger partial charge in [-0.1, -0.05) is 13.0 Å². The largest absolute Gasteiger partial charge is 0.497 e. The Morgan fingerprint density at radius 2 is 2.15 bits per heavy atom. The Kier molecular flexibility index (Phi) is 3.32. The molecule has 0 aromatic heterocycles. The van der Waals surface area contributed by atoms with Gasteiger partial charge in [-0.05, 0) is 36.6 Å². The molecule has 0 aliphatic rings. The summed E-state index contributed by atoms with van der Waals surface area (Å²) in [4.78, 5) is 0. The van der Waals surface area contributed by atoms with E-state index in [1.165, 1.54) is 11.1 Å². The van der Waals surface area contributed by atoms with Gasteiger partial charge in [0, 0.05) is 6.04 Å². The maximum atomic E-state index is 5.96. The van der Waals surface area contributed by atoms with Crippen LogP contribution in [0.3, 0.4) is 0 Å². The highest BCUT2D eigenvalue weighted by Gasteiger charge is 2.07. The maximum absolute atomic E-state index is 5.96. The number of ether oxygens (including phenoxy) is 1. The first-order valence-electron chi connectivity index (χ1n) is 4.59. The molecule has 72 valence electrons. The molecule has 0 spiro atoms. The second kappa shape index (κ2) is 4.28. The molecule has 0 bridgehead atoms. The topological polar surface area (TPSA) is 35.2 Å². The van der Waals surface area contributed by atoms with Crippen molar-refractivity contribution in [2.24, 2.45) is 5.73 Å². The van der Waals surface area contributed by atoms with Crippen molar-refractivity contribution in [1.82, 2.24) is 0 Å². The van der Waals surface area contributed by atoms with E-state index in [9.17, 15) is 0 Å². The van der Waals surface area contributed by atoms with Crippen molar-refractivity contribution in [1.29, 1.82) is 0 Å². The van der Waals surface area contributed by atoms with E-state index in [1.54, 1.807) is 7.11 Å². The standard InChI is InChI=1S/C11H17NO/c1-4-11(12)10-7-9(13-3)6-5-8(10)2/h5-7,11H,4,12H2,1-3H3/t11-/m1/s1. The quantitative estimate of drug-likeness (QED) is 0.773. The molecule has 2 nitrogen and oxygen atoms in total. The van der Waals surface area contributed by atoms with E-state index >= 15 is 0 Å². The lowest BCUT2D eigenvalue weighted by atomic mass is 10.00. The molecule has 0 aliphatic carbocycles. The summed E-state index contributed by atoms with van der Waals surface area (Å²) < 4.78 is 5.15. The molecule has 0 heterocycles. The van der Waals surface area contributed by atoms with E-state index < -0.39 is 0 Å². The third kappa shape index (κ3) is 2.22. The molecule has 1 aromatic carbocycles. The van der Waals surface area contributed by atoms with E-state index in [2.05, 4.69) is 13.8 Å². The Bertz CT molecular complexity index is 283. The lowest BCUT2D eigenvalue weighted by Gasteiger charge is -2.13. The van der Waals surface area contributed by atoms with Gasteiger partial charge in [-0.3, -0.25) is 0 Å². The van der Waals surface area contributed by atoms with E-state index in [0.29, 0.717) is 0 Å². The molecule has 0 radical (unpaired) electrons. The number of hydrogen-bond acceptors (Lipinski definition) is 2. The van der Waals surface area contributed by atoms with Crippen LogP contribution in [0.5, 0.6) is 5.75 Å². The van der Waals surface area contributed by atoms with Crippen molar-refractivity contribution in [2.45, 2.75) is 26.3 Å². The zero-order chi connectivity index (χ0) is 9.84. The van der Waals surface area contributed by atoms with Crippen molar-refractivity contribution in [2.75, 3.05) is 7.11 Å². The Hall–Kier alpha value is -1.02. The first-order valence-corrected chi connectivity index (χ1v) is 4.59. The lowest BCUT2D eigenvalue weighted by molar-refractivity contribution is 0.413. The molecule has 0 unspecified atom stereocenters. The summed E-state index contributed by atoms with van der Waals surface area (Å²) in [6.07, 6.45) is 0.952. The third-order valence-corrected chi connectivity index (χ3v) is 2.33. The summed E-state index contributed by atoms with van der Waals surface area (Å²) in [6, 6.07) is 6.14. The molecule has 2 N–H and O–H groups in total. The molecule has 2 heteroatoms. The van der Waals surface area contributed by atoms with Crippen LogP contribution in [0.4, 0.5) is 0 Å². The molecule has 0 saturated heterocycles. The van der Waals surface area contributed by atoms with Crippen LogP contribution in [0.1, 0.15) is 30.5 Å². The summed E-state index contributed by atoms with van der Waals surface area (Å²) >= 11 is 0. The smallest absolute Gasteiger partial charge is 0.119 e. The van der Waals surface area contributed by atoms with Gasteiger partial charge in [0.25, 0.3) is 0 Å². The fourth-order valence-corrected chi connectivity index (χ4v) is 1.36. The summed E-state index contributed by atoms with van der Waals surface area (Å²) in [7, 11) is 1.67.